The van der Waals surface area contributed by atoms with Crippen molar-refractivity contribution in [2.75, 3.05) is 11.5 Å². The van der Waals surface area contributed by atoms with Gasteiger partial charge in [0.2, 0.25) is 0 Å². The number of nitrogens with zero attached hydrogens (tertiary/aromatic N) is 1. The summed E-state index contributed by atoms with van der Waals surface area (Å²) < 4.78 is 5.71. The molecule has 3 nitrogen and oxygen atoms in total. The van der Waals surface area contributed by atoms with Gasteiger partial charge in [-0.05, 0) is 51.5 Å². The van der Waals surface area contributed by atoms with E-state index in [9.17, 15) is 4.79 Å². The molecule has 0 fully saturated rings. The fraction of sp³-hybridized carbons (Fsp3) is 0.316. The van der Waals surface area contributed by atoms with Crippen molar-refractivity contribution in [3.05, 3.63) is 59.7 Å². The predicted octanol–water partition coefficient (Wildman–Crippen LogP) is 4.12. The van der Waals surface area contributed by atoms with E-state index in [0.29, 0.717) is 0 Å². The predicted molar refractivity (Wildman–Crippen MR) is 90.5 cm³/mol. The highest BCUT2D eigenvalue weighted by molar-refractivity contribution is 5.94. The highest BCUT2D eigenvalue weighted by atomic mass is 16.5. The number of benzene rings is 2. The summed E-state index contributed by atoms with van der Waals surface area (Å²) in [5, 5.41) is 0. The molecule has 0 aliphatic rings. The summed E-state index contributed by atoms with van der Waals surface area (Å²) in [5.74, 6) is 0.719. The summed E-state index contributed by atoms with van der Waals surface area (Å²) in [6.07, 6.45) is 0. The van der Waals surface area contributed by atoms with Gasteiger partial charge in [0.05, 0.1) is 0 Å². The Morgan fingerprint density at radius 1 is 1.09 bits per heavy atom. The molecule has 0 saturated heterocycles. The van der Waals surface area contributed by atoms with Crippen LogP contribution in [0.1, 0.15) is 25.0 Å². The minimum absolute atomic E-state index is 0.0387. The van der Waals surface area contributed by atoms with Gasteiger partial charge < -0.3 is 9.64 Å². The molecule has 0 heterocycles. The Hall–Kier alpha value is -2.29. The van der Waals surface area contributed by atoms with E-state index < -0.39 is 0 Å². The summed E-state index contributed by atoms with van der Waals surface area (Å²) in [5.41, 5.74) is 3.12. The Morgan fingerprint density at radius 3 is 2.36 bits per heavy atom. The van der Waals surface area contributed by atoms with Crippen molar-refractivity contribution in [1.29, 1.82) is 0 Å². The van der Waals surface area contributed by atoms with Gasteiger partial charge >= 0.3 is 0 Å². The number of para-hydroxylation sites is 1. The first-order valence-corrected chi connectivity index (χ1v) is 7.56. The zero-order chi connectivity index (χ0) is 16.1. The van der Waals surface area contributed by atoms with E-state index in [1.165, 1.54) is 5.56 Å². The molecule has 0 spiro atoms. The third-order valence-electron chi connectivity index (χ3n) is 3.50. The zero-order valence-electron chi connectivity index (χ0n) is 13.7. The molecule has 0 aromatic heterocycles. The quantitative estimate of drug-likeness (QED) is 0.830. The van der Waals surface area contributed by atoms with Crippen molar-refractivity contribution >= 4 is 11.6 Å². The van der Waals surface area contributed by atoms with Gasteiger partial charge in [-0.15, -0.1) is 0 Å². The smallest absolute Gasteiger partial charge is 0.265 e. The Morgan fingerprint density at radius 2 is 1.77 bits per heavy atom. The molecule has 3 heteroatoms. The molecule has 0 atom stereocenters. The molecular formula is C19H23NO2. The Labute approximate surface area is 132 Å². The summed E-state index contributed by atoms with van der Waals surface area (Å²) in [4.78, 5) is 14.3. The van der Waals surface area contributed by atoms with E-state index >= 15 is 0 Å². The minimum Gasteiger partial charge on any atom is -0.483 e. The first-order valence-electron chi connectivity index (χ1n) is 7.56. The van der Waals surface area contributed by atoms with Crippen molar-refractivity contribution in [2.24, 2.45) is 0 Å². The second-order valence-electron chi connectivity index (χ2n) is 5.75. The van der Waals surface area contributed by atoms with Gasteiger partial charge in [-0.1, -0.05) is 35.9 Å². The average molecular weight is 297 g/mol. The minimum atomic E-state index is -0.0406. The molecule has 0 aliphatic heterocycles. The van der Waals surface area contributed by atoms with Gasteiger partial charge in [-0.3, -0.25) is 4.79 Å². The average Bonchev–Trinajstić information content (AvgIpc) is 2.47. The molecule has 0 unspecified atom stereocenters. The monoisotopic (exact) mass is 297 g/mol. The van der Waals surface area contributed by atoms with Gasteiger partial charge in [0, 0.05) is 11.7 Å². The van der Waals surface area contributed by atoms with Crippen LogP contribution in [-0.2, 0) is 4.79 Å². The molecule has 2 aromatic carbocycles. The number of amides is 1. The highest BCUT2D eigenvalue weighted by Gasteiger charge is 2.19. The van der Waals surface area contributed by atoms with Crippen LogP contribution in [-0.4, -0.2) is 18.6 Å². The third-order valence-corrected chi connectivity index (χ3v) is 3.50. The Kier molecular flexibility index (Phi) is 5.21. The SMILES string of the molecule is Cc1ccc(OCC(=O)N(c2ccccc2)C(C)C)c(C)c1. The lowest BCUT2D eigenvalue weighted by Crippen LogP contribution is -2.40. The maximum absolute atomic E-state index is 12.5. The molecule has 2 aromatic rings. The van der Waals surface area contributed by atoms with Crippen LogP contribution < -0.4 is 9.64 Å². The Balaban J connectivity index is 2.09. The summed E-state index contributed by atoms with van der Waals surface area (Å²) in [6, 6.07) is 15.7. The summed E-state index contributed by atoms with van der Waals surface area (Å²) >= 11 is 0. The van der Waals surface area contributed by atoms with E-state index in [0.717, 1.165) is 17.0 Å². The molecule has 116 valence electrons. The van der Waals surface area contributed by atoms with Crippen molar-refractivity contribution in [1.82, 2.24) is 0 Å². The number of hydrogen-bond acceptors (Lipinski definition) is 2. The summed E-state index contributed by atoms with van der Waals surface area (Å²) in [7, 11) is 0. The summed E-state index contributed by atoms with van der Waals surface area (Å²) in [6.45, 7) is 8.07. The maximum Gasteiger partial charge on any atom is 0.265 e. The van der Waals surface area contributed by atoms with Crippen LogP contribution in [0.3, 0.4) is 0 Å². The molecule has 1 amide bonds. The molecule has 0 aliphatic carbocycles. The topological polar surface area (TPSA) is 29.5 Å². The number of aryl methyl sites for hydroxylation is 2. The number of anilines is 1. The third kappa shape index (κ3) is 3.88. The molecule has 0 bridgehead atoms. The normalized spacial score (nSPS) is 10.6. The standard InChI is InChI=1S/C19H23NO2/c1-14(2)20(17-8-6-5-7-9-17)19(21)13-22-18-11-10-15(3)12-16(18)4/h5-12,14H,13H2,1-4H3. The molecule has 0 N–H and O–H groups in total. The van der Waals surface area contributed by atoms with Crippen LogP contribution in [0.2, 0.25) is 0 Å². The first kappa shape index (κ1) is 16.1. The van der Waals surface area contributed by atoms with Crippen LogP contribution in [0.25, 0.3) is 0 Å². The van der Waals surface area contributed by atoms with Gasteiger partial charge in [-0.2, -0.15) is 0 Å². The van der Waals surface area contributed by atoms with Crippen molar-refractivity contribution in [3.8, 4) is 5.75 Å². The van der Waals surface area contributed by atoms with E-state index in [1.807, 2.05) is 70.2 Å². The molecular weight excluding hydrogens is 274 g/mol. The number of carbonyl (C=O) groups excluding carboxylic acids is 1. The van der Waals surface area contributed by atoms with Crippen molar-refractivity contribution in [3.63, 3.8) is 0 Å². The maximum atomic E-state index is 12.5. The largest absolute Gasteiger partial charge is 0.483 e. The van der Waals surface area contributed by atoms with Crippen LogP contribution in [0.5, 0.6) is 5.75 Å². The van der Waals surface area contributed by atoms with Crippen LogP contribution in [0.4, 0.5) is 5.69 Å². The van der Waals surface area contributed by atoms with Crippen LogP contribution >= 0.6 is 0 Å². The molecule has 0 saturated carbocycles. The number of carbonyl (C=O) groups is 1. The van der Waals surface area contributed by atoms with Crippen LogP contribution in [0.15, 0.2) is 48.5 Å². The van der Waals surface area contributed by atoms with Gasteiger partial charge in [0.25, 0.3) is 5.91 Å². The Bertz CT molecular complexity index is 635. The van der Waals surface area contributed by atoms with Gasteiger partial charge in [-0.25, -0.2) is 0 Å². The van der Waals surface area contributed by atoms with Crippen LogP contribution in [0, 0.1) is 13.8 Å². The molecule has 22 heavy (non-hydrogen) atoms. The van der Waals surface area contributed by atoms with E-state index in [2.05, 4.69) is 6.07 Å². The van der Waals surface area contributed by atoms with E-state index in [-0.39, 0.29) is 18.6 Å². The first-order chi connectivity index (χ1) is 10.5. The number of rotatable bonds is 5. The number of hydrogen-bond donors (Lipinski definition) is 0. The van der Waals surface area contributed by atoms with Gasteiger partial charge in [0.1, 0.15) is 5.75 Å². The fourth-order valence-electron chi connectivity index (χ4n) is 2.49. The lowest BCUT2D eigenvalue weighted by Gasteiger charge is -2.27. The fourth-order valence-corrected chi connectivity index (χ4v) is 2.49. The molecule has 0 radical (unpaired) electrons. The second kappa shape index (κ2) is 7.12. The van der Waals surface area contributed by atoms with Gasteiger partial charge in [0.15, 0.2) is 6.61 Å². The van der Waals surface area contributed by atoms with Crippen molar-refractivity contribution in [2.45, 2.75) is 33.7 Å². The highest BCUT2D eigenvalue weighted by Crippen LogP contribution is 2.20. The lowest BCUT2D eigenvalue weighted by molar-refractivity contribution is -0.120. The zero-order valence-corrected chi connectivity index (χ0v) is 13.7. The lowest BCUT2D eigenvalue weighted by atomic mass is 10.1. The van der Waals surface area contributed by atoms with Crippen molar-refractivity contribution < 1.29 is 9.53 Å². The van der Waals surface area contributed by atoms with E-state index in [1.54, 1.807) is 4.90 Å². The van der Waals surface area contributed by atoms with E-state index in [4.69, 9.17) is 4.74 Å². The second-order valence-corrected chi connectivity index (χ2v) is 5.75. The number of ether oxygens (including phenoxy) is 1. The molecule has 2 rings (SSSR count).